The zero-order chi connectivity index (χ0) is 18.9. The molecule has 0 radical (unpaired) electrons. The van der Waals surface area contributed by atoms with Gasteiger partial charge in [0, 0.05) is 18.0 Å². The highest BCUT2D eigenvalue weighted by atomic mass is 35.5. The molecule has 1 heterocycles. The van der Waals surface area contributed by atoms with Gasteiger partial charge in [-0.25, -0.2) is 8.42 Å². The van der Waals surface area contributed by atoms with E-state index < -0.39 is 15.2 Å². The summed E-state index contributed by atoms with van der Waals surface area (Å²) >= 11 is 5.93. The Balaban J connectivity index is 1.80. The summed E-state index contributed by atoms with van der Waals surface area (Å²) in [5.41, 5.74) is 2.93. The highest BCUT2D eigenvalue weighted by Gasteiger charge is 2.25. The summed E-state index contributed by atoms with van der Waals surface area (Å²) in [4.78, 5) is 2.01. The van der Waals surface area contributed by atoms with E-state index in [1.807, 2.05) is 41.4 Å². The molecule has 0 aromatic heterocycles. The van der Waals surface area contributed by atoms with Crippen LogP contribution in [0.25, 0.3) is 0 Å². The molecule has 0 bridgehead atoms. The Bertz CT molecular complexity index is 907. The standard InChI is InChI=1S/C19H22ClN3O2S/c1-14(22(2)3)26(24,25)18-10-8-17(9-11-18)23-13-12-19(21-23)15-4-6-16(20)7-5-15/h4-11,14H,12-13H2,1-3H3. The predicted molar refractivity (Wildman–Crippen MR) is 107 cm³/mol. The molecule has 0 saturated heterocycles. The van der Waals surface area contributed by atoms with E-state index in [1.54, 1.807) is 38.1 Å². The summed E-state index contributed by atoms with van der Waals surface area (Å²) in [5.74, 6) is 0. The lowest BCUT2D eigenvalue weighted by molar-refractivity contribution is 0.381. The first kappa shape index (κ1) is 18.9. The molecule has 1 unspecified atom stereocenters. The molecular formula is C19H22ClN3O2S. The lowest BCUT2D eigenvalue weighted by atomic mass is 10.1. The molecule has 3 rings (SSSR count). The van der Waals surface area contributed by atoms with E-state index in [0.29, 0.717) is 9.92 Å². The topological polar surface area (TPSA) is 53.0 Å². The summed E-state index contributed by atoms with van der Waals surface area (Å²) in [6.45, 7) is 2.45. The van der Waals surface area contributed by atoms with E-state index in [-0.39, 0.29) is 0 Å². The maximum absolute atomic E-state index is 12.6. The van der Waals surface area contributed by atoms with Crippen molar-refractivity contribution in [2.24, 2.45) is 5.10 Å². The third kappa shape index (κ3) is 3.77. The summed E-state index contributed by atoms with van der Waals surface area (Å²) < 4.78 is 25.2. The first-order chi connectivity index (χ1) is 12.3. The van der Waals surface area contributed by atoms with E-state index in [4.69, 9.17) is 11.6 Å². The normalized spacial score (nSPS) is 16.0. The van der Waals surface area contributed by atoms with Gasteiger partial charge < -0.3 is 0 Å². The molecule has 138 valence electrons. The quantitative estimate of drug-likeness (QED) is 0.780. The molecule has 26 heavy (non-hydrogen) atoms. The molecule has 0 fully saturated rings. The van der Waals surface area contributed by atoms with Gasteiger partial charge in [-0.05, 0) is 63.0 Å². The first-order valence-corrected chi connectivity index (χ1v) is 10.3. The van der Waals surface area contributed by atoms with Crippen molar-refractivity contribution < 1.29 is 8.42 Å². The molecule has 1 aliphatic rings. The van der Waals surface area contributed by atoms with Gasteiger partial charge in [0.05, 0.1) is 16.3 Å². The summed E-state index contributed by atoms with van der Waals surface area (Å²) in [7, 11) is 0.138. The molecule has 0 N–H and O–H groups in total. The van der Waals surface area contributed by atoms with E-state index in [1.165, 1.54) is 0 Å². The number of nitrogens with zero attached hydrogens (tertiary/aromatic N) is 3. The molecule has 1 atom stereocenters. The van der Waals surface area contributed by atoms with Gasteiger partial charge in [0.25, 0.3) is 0 Å². The van der Waals surface area contributed by atoms with Crippen LogP contribution in [-0.4, -0.2) is 45.0 Å². The number of halogens is 1. The highest BCUT2D eigenvalue weighted by Crippen LogP contribution is 2.25. The molecular weight excluding hydrogens is 370 g/mol. The van der Waals surface area contributed by atoms with E-state index in [0.717, 1.165) is 29.9 Å². The third-order valence-electron chi connectivity index (χ3n) is 4.62. The maximum Gasteiger partial charge on any atom is 0.194 e. The monoisotopic (exact) mass is 391 g/mol. The highest BCUT2D eigenvalue weighted by molar-refractivity contribution is 7.92. The number of rotatable bonds is 5. The van der Waals surface area contributed by atoms with Gasteiger partial charge in [-0.1, -0.05) is 23.7 Å². The largest absolute Gasteiger partial charge is 0.293 e. The number of hydrazone groups is 1. The van der Waals surface area contributed by atoms with Crippen molar-refractivity contribution in [3.8, 4) is 0 Å². The van der Waals surface area contributed by atoms with Crippen molar-refractivity contribution in [1.82, 2.24) is 4.90 Å². The maximum atomic E-state index is 12.6. The van der Waals surface area contributed by atoms with Gasteiger partial charge in [-0.3, -0.25) is 9.91 Å². The number of anilines is 1. The molecule has 7 heteroatoms. The zero-order valence-electron chi connectivity index (χ0n) is 15.1. The van der Waals surface area contributed by atoms with Gasteiger partial charge in [0.1, 0.15) is 5.37 Å². The minimum Gasteiger partial charge on any atom is -0.293 e. The van der Waals surface area contributed by atoms with Crippen molar-refractivity contribution in [3.05, 3.63) is 59.1 Å². The Labute approximate surface area is 159 Å². The minimum absolute atomic E-state index is 0.323. The number of hydrogen-bond acceptors (Lipinski definition) is 5. The van der Waals surface area contributed by atoms with Gasteiger partial charge >= 0.3 is 0 Å². The molecule has 0 amide bonds. The average Bonchev–Trinajstić information content (AvgIpc) is 3.11. The van der Waals surface area contributed by atoms with Crippen molar-refractivity contribution >= 4 is 32.8 Å². The van der Waals surface area contributed by atoms with Crippen LogP contribution in [0.1, 0.15) is 18.9 Å². The lowest BCUT2D eigenvalue weighted by Crippen LogP contribution is -2.32. The third-order valence-corrected chi connectivity index (χ3v) is 7.12. The fourth-order valence-electron chi connectivity index (χ4n) is 2.77. The summed E-state index contributed by atoms with van der Waals surface area (Å²) in [6, 6.07) is 14.6. The Morgan fingerprint density at radius 1 is 1.08 bits per heavy atom. The van der Waals surface area contributed by atoms with E-state index in [9.17, 15) is 8.42 Å². The second-order valence-electron chi connectivity index (χ2n) is 6.53. The smallest absolute Gasteiger partial charge is 0.194 e. The predicted octanol–water partition coefficient (Wildman–Crippen LogP) is 3.64. The lowest BCUT2D eigenvalue weighted by Gasteiger charge is -2.20. The number of hydrogen-bond donors (Lipinski definition) is 0. The molecule has 0 aliphatic carbocycles. The molecule has 2 aromatic rings. The Morgan fingerprint density at radius 3 is 2.27 bits per heavy atom. The van der Waals surface area contributed by atoms with Crippen LogP contribution in [0, 0.1) is 0 Å². The second-order valence-corrected chi connectivity index (χ2v) is 9.21. The Kier molecular flexibility index (Phi) is 5.37. The van der Waals surface area contributed by atoms with Crippen LogP contribution < -0.4 is 5.01 Å². The number of sulfone groups is 1. The van der Waals surface area contributed by atoms with Gasteiger partial charge in [0.2, 0.25) is 0 Å². The first-order valence-electron chi connectivity index (χ1n) is 8.40. The fraction of sp³-hybridized carbons (Fsp3) is 0.316. The zero-order valence-corrected chi connectivity index (χ0v) is 16.6. The van der Waals surface area contributed by atoms with E-state index in [2.05, 4.69) is 5.10 Å². The van der Waals surface area contributed by atoms with Crippen LogP contribution in [0.5, 0.6) is 0 Å². The van der Waals surface area contributed by atoms with E-state index >= 15 is 0 Å². The van der Waals surface area contributed by atoms with Crippen LogP contribution in [0.3, 0.4) is 0 Å². The van der Waals surface area contributed by atoms with Crippen LogP contribution in [-0.2, 0) is 9.84 Å². The number of benzene rings is 2. The van der Waals surface area contributed by atoms with Crippen LogP contribution in [0.15, 0.2) is 58.5 Å². The molecule has 0 spiro atoms. The van der Waals surface area contributed by atoms with Crippen LogP contribution >= 0.6 is 11.6 Å². The van der Waals surface area contributed by atoms with Crippen molar-refractivity contribution in [1.29, 1.82) is 0 Å². The van der Waals surface area contributed by atoms with Crippen LogP contribution in [0.2, 0.25) is 5.02 Å². The fourth-order valence-corrected chi connectivity index (χ4v) is 4.36. The van der Waals surface area contributed by atoms with Crippen LogP contribution in [0.4, 0.5) is 5.69 Å². The molecule has 1 aliphatic heterocycles. The van der Waals surface area contributed by atoms with Gasteiger partial charge in [0.15, 0.2) is 9.84 Å². The SMILES string of the molecule is CC(N(C)C)S(=O)(=O)c1ccc(N2CCC(c3ccc(Cl)cc3)=N2)cc1. The minimum atomic E-state index is -3.38. The van der Waals surface area contributed by atoms with Gasteiger partial charge in [-0.2, -0.15) is 5.10 Å². The summed E-state index contributed by atoms with van der Waals surface area (Å²) in [5, 5.41) is 6.69. The van der Waals surface area contributed by atoms with Gasteiger partial charge in [-0.15, -0.1) is 0 Å². The van der Waals surface area contributed by atoms with Crippen molar-refractivity contribution in [2.45, 2.75) is 23.6 Å². The summed E-state index contributed by atoms with van der Waals surface area (Å²) in [6.07, 6.45) is 0.833. The Hall–Kier alpha value is -1.89. The molecule has 2 aromatic carbocycles. The second kappa shape index (κ2) is 7.39. The van der Waals surface area contributed by atoms with Crippen molar-refractivity contribution in [2.75, 3.05) is 25.6 Å². The molecule has 5 nitrogen and oxygen atoms in total. The average molecular weight is 392 g/mol. The van der Waals surface area contributed by atoms with Crippen molar-refractivity contribution in [3.63, 3.8) is 0 Å². The Morgan fingerprint density at radius 2 is 1.69 bits per heavy atom. The molecule has 0 saturated carbocycles.